The number of halogens is 1. The summed E-state index contributed by atoms with van der Waals surface area (Å²) in [6.07, 6.45) is 0.120. The predicted octanol–water partition coefficient (Wildman–Crippen LogP) is 2.74. The van der Waals surface area contributed by atoms with Crippen molar-refractivity contribution in [2.24, 2.45) is 11.3 Å². The third kappa shape index (κ3) is 2.64. The number of aliphatic hydroxyl groups is 1. The highest BCUT2D eigenvalue weighted by molar-refractivity contribution is 14.1. The van der Waals surface area contributed by atoms with Gasteiger partial charge in [-0.2, -0.15) is 0 Å². The number of hydrogen-bond donors (Lipinski definition) is 1. The topological polar surface area (TPSA) is 112 Å². The summed E-state index contributed by atoms with van der Waals surface area (Å²) in [4.78, 5) is 38.6. The molecular weight excluding hydrogens is 529 g/mol. The molecule has 172 valence electrons. The number of carbonyl (C=O) groups is 3. The number of furan rings is 1. The molecule has 1 N–H and O–H groups in total. The zero-order valence-electron chi connectivity index (χ0n) is 18.3. The van der Waals surface area contributed by atoms with Gasteiger partial charge in [0.2, 0.25) is 5.78 Å². The van der Waals surface area contributed by atoms with E-state index in [9.17, 15) is 19.5 Å². The Bertz CT molecular complexity index is 1070. The van der Waals surface area contributed by atoms with Crippen molar-refractivity contribution >= 4 is 40.3 Å². The number of carbonyl (C=O) groups excluding carboxylic acids is 3. The van der Waals surface area contributed by atoms with Crippen LogP contribution in [0.1, 0.15) is 60.1 Å². The molecule has 0 amide bonds. The first kappa shape index (κ1) is 22.1. The minimum atomic E-state index is -0.972. The van der Waals surface area contributed by atoms with Crippen LogP contribution in [0.5, 0.6) is 0 Å². The van der Waals surface area contributed by atoms with Crippen molar-refractivity contribution in [2.75, 3.05) is 13.7 Å². The van der Waals surface area contributed by atoms with Gasteiger partial charge in [-0.3, -0.25) is 9.59 Å². The first-order chi connectivity index (χ1) is 15.1. The van der Waals surface area contributed by atoms with E-state index in [0.717, 1.165) is 0 Å². The van der Waals surface area contributed by atoms with Crippen LogP contribution >= 0.6 is 22.6 Å². The van der Waals surface area contributed by atoms with E-state index in [-0.39, 0.29) is 33.6 Å². The Kier molecular flexibility index (Phi) is 4.93. The average molecular weight is 554 g/mol. The number of ketones is 1. The third-order valence-electron chi connectivity index (χ3n) is 7.92. The van der Waals surface area contributed by atoms with Crippen LogP contribution in [0.4, 0.5) is 0 Å². The molecule has 1 aromatic heterocycles. The van der Waals surface area contributed by atoms with Crippen LogP contribution in [0.2, 0.25) is 0 Å². The highest BCUT2D eigenvalue weighted by Gasteiger charge is 2.65. The maximum absolute atomic E-state index is 13.8. The number of hydrogen-bond acceptors (Lipinski definition) is 8. The number of allylic oxidation sites excluding steroid dienone is 1. The summed E-state index contributed by atoms with van der Waals surface area (Å²) in [5, 5.41) is 11.1. The fraction of sp³-hybridized carbons (Fsp3) is 0.609. The number of Topliss-reactive ketones (excluding diaryl/α,β-unsaturated/α-hetero) is 1. The van der Waals surface area contributed by atoms with E-state index in [1.165, 1.54) is 20.3 Å². The molecule has 7 atom stereocenters. The normalized spacial score (nSPS) is 39.9. The molecular formula is C23H25IO8. The second kappa shape index (κ2) is 7.14. The van der Waals surface area contributed by atoms with Gasteiger partial charge in [-0.25, -0.2) is 4.79 Å². The number of fused-ring (bicyclic) bond motifs is 3. The van der Waals surface area contributed by atoms with Gasteiger partial charge in [0.15, 0.2) is 5.76 Å². The van der Waals surface area contributed by atoms with Crippen molar-refractivity contribution in [1.29, 1.82) is 0 Å². The van der Waals surface area contributed by atoms with Gasteiger partial charge in [0.25, 0.3) is 0 Å². The second-order valence-corrected chi connectivity index (χ2v) is 11.2. The van der Waals surface area contributed by atoms with E-state index in [0.29, 0.717) is 29.6 Å². The lowest BCUT2D eigenvalue weighted by molar-refractivity contribution is -0.149. The van der Waals surface area contributed by atoms with Crippen LogP contribution in [0.25, 0.3) is 0 Å². The van der Waals surface area contributed by atoms with Crippen molar-refractivity contribution in [1.82, 2.24) is 0 Å². The SMILES string of the molecule is COC[C@H]1OC(=O)c2coc3c2[C@@]1(C)C1=C(C3=O)C2C[C@@H]([125I])[C@H](O)[C@@]2(C)C[C@H]1OC(C)=O. The molecule has 1 aliphatic heterocycles. The number of cyclic esters (lactones) is 1. The van der Waals surface area contributed by atoms with Gasteiger partial charge in [-0.1, -0.05) is 29.5 Å². The van der Waals surface area contributed by atoms with Crippen LogP contribution in [0, 0.1) is 11.3 Å². The predicted molar refractivity (Wildman–Crippen MR) is 119 cm³/mol. The Labute approximate surface area is 198 Å². The smallest absolute Gasteiger partial charge is 0.342 e. The van der Waals surface area contributed by atoms with E-state index in [4.69, 9.17) is 18.6 Å². The van der Waals surface area contributed by atoms with Gasteiger partial charge < -0.3 is 23.7 Å². The molecule has 5 rings (SSSR count). The van der Waals surface area contributed by atoms with Crippen molar-refractivity contribution < 1.29 is 38.1 Å². The van der Waals surface area contributed by atoms with Crippen LogP contribution in [0.3, 0.4) is 0 Å². The monoisotopic (exact) mass is 554 g/mol. The molecule has 0 aromatic carbocycles. The Morgan fingerprint density at radius 2 is 2.06 bits per heavy atom. The number of ether oxygens (including phenoxy) is 3. The van der Waals surface area contributed by atoms with Gasteiger partial charge >= 0.3 is 11.9 Å². The lowest BCUT2D eigenvalue weighted by Crippen LogP contribution is -2.57. The van der Waals surface area contributed by atoms with E-state index in [2.05, 4.69) is 22.6 Å². The Morgan fingerprint density at radius 3 is 2.72 bits per heavy atom. The van der Waals surface area contributed by atoms with E-state index < -0.39 is 41.1 Å². The number of esters is 2. The average Bonchev–Trinajstić information content (AvgIpc) is 3.26. The zero-order valence-corrected chi connectivity index (χ0v) is 20.4. The van der Waals surface area contributed by atoms with Crippen LogP contribution in [0.15, 0.2) is 21.8 Å². The Balaban J connectivity index is 1.82. The van der Waals surface area contributed by atoms with E-state index >= 15 is 0 Å². The highest BCUT2D eigenvalue weighted by atomic mass is 125. The van der Waals surface area contributed by atoms with Crippen LogP contribution in [-0.2, 0) is 24.4 Å². The Morgan fingerprint density at radius 1 is 1.34 bits per heavy atom. The van der Waals surface area contributed by atoms with Crippen molar-refractivity contribution in [3.05, 3.63) is 34.3 Å². The fourth-order valence-corrected chi connectivity index (χ4v) is 7.79. The minimum Gasteiger partial charge on any atom is -0.460 e. The summed E-state index contributed by atoms with van der Waals surface area (Å²) in [6.45, 7) is 5.28. The molecule has 0 bridgehead atoms. The summed E-state index contributed by atoms with van der Waals surface area (Å²) in [6, 6.07) is 0. The molecule has 8 nitrogen and oxygen atoms in total. The molecule has 4 aliphatic rings. The van der Waals surface area contributed by atoms with E-state index in [1.54, 1.807) is 0 Å². The fourth-order valence-electron chi connectivity index (χ4n) is 6.46. The first-order valence-corrected chi connectivity index (χ1v) is 11.9. The van der Waals surface area contributed by atoms with Gasteiger partial charge in [0.05, 0.1) is 18.1 Å². The lowest BCUT2D eigenvalue weighted by Gasteiger charge is -2.52. The van der Waals surface area contributed by atoms with Gasteiger partial charge in [0, 0.05) is 34.5 Å². The number of methoxy groups -OCH3 is 1. The standard InChI is InChI=1S/C23H25IO8/c1-9(25)31-13-6-22(2)11(5-12(24)20(22)27)15-17(13)23(3)14(8-29-4)32-21(28)10-7-30-19(16(10)23)18(15)26/h7,11-14,20,27H,5-6,8H2,1-4H3/t11?,12-,13-,14-,20+,22+,23+/m1/s1/i24-2. The van der Waals surface area contributed by atoms with Gasteiger partial charge in [-0.05, 0) is 31.3 Å². The molecule has 0 saturated heterocycles. The molecule has 1 fully saturated rings. The molecule has 1 aromatic rings. The molecule has 3 aliphatic carbocycles. The summed E-state index contributed by atoms with van der Waals surface area (Å²) in [5.74, 6) is -1.48. The Hall–Kier alpha value is -1.72. The molecule has 32 heavy (non-hydrogen) atoms. The number of alkyl halides is 1. The maximum atomic E-state index is 13.8. The van der Waals surface area contributed by atoms with Crippen molar-refractivity contribution in [3.8, 4) is 0 Å². The van der Waals surface area contributed by atoms with Crippen LogP contribution < -0.4 is 0 Å². The van der Waals surface area contributed by atoms with Crippen molar-refractivity contribution in [3.63, 3.8) is 0 Å². The minimum absolute atomic E-state index is 0.0550. The van der Waals surface area contributed by atoms with Crippen molar-refractivity contribution in [2.45, 2.75) is 61.3 Å². The number of aliphatic hydroxyl groups excluding tert-OH is 1. The molecule has 9 heteroatoms. The largest absolute Gasteiger partial charge is 0.460 e. The molecule has 0 spiro atoms. The molecule has 2 heterocycles. The maximum Gasteiger partial charge on any atom is 0.342 e. The summed E-state index contributed by atoms with van der Waals surface area (Å²) in [7, 11) is 1.52. The quantitative estimate of drug-likeness (QED) is 0.345. The second-order valence-electron chi connectivity index (χ2n) is 9.62. The van der Waals surface area contributed by atoms with Crippen LogP contribution in [-0.4, -0.2) is 58.8 Å². The highest BCUT2D eigenvalue weighted by Crippen LogP contribution is 2.63. The zero-order chi connectivity index (χ0) is 23.2. The molecule has 1 unspecified atom stereocenters. The summed E-state index contributed by atoms with van der Waals surface area (Å²) < 4.78 is 22.6. The molecule has 0 radical (unpaired) electrons. The molecule has 1 saturated carbocycles. The van der Waals surface area contributed by atoms with E-state index in [1.807, 2.05) is 13.8 Å². The number of rotatable bonds is 3. The summed E-state index contributed by atoms with van der Waals surface area (Å²) >= 11 is 2.23. The summed E-state index contributed by atoms with van der Waals surface area (Å²) in [5.41, 5.74) is 0.223. The van der Waals surface area contributed by atoms with Gasteiger partial charge in [0.1, 0.15) is 24.0 Å². The lowest BCUT2D eigenvalue weighted by atomic mass is 9.54. The first-order valence-electron chi connectivity index (χ1n) is 10.7. The van der Waals surface area contributed by atoms with Gasteiger partial charge in [-0.15, -0.1) is 0 Å². The third-order valence-corrected chi connectivity index (χ3v) is 9.11.